The number of hydrogen-bond donors (Lipinski definition) is 3. The Bertz CT molecular complexity index is 1060. The molecule has 0 radical (unpaired) electrons. The van der Waals surface area contributed by atoms with Crippen molar-refractivity contribution in [3.63, 3.8) is 0 Å². The Hall–Kier alpha value is -2.58. The fraction of sp³-hybridized carbons (Fsp3) is 0.158. The second-order valence-electron chi connectivity index (χ2n) is 6.06. The van der Waals surface area contributed by atoms with Crippen LogP contribution in [0.4, 0.5) is 18.9 Å². The number of alkyl halides is 3. The fourth-order valence-corrected chi connectivity index (χ4v) is 3.06. The summed E-state index contributed by atoms with van der Waals surface area (Å²) in [6, 6.07) is 12.2. The zero-order valence-corrected chi connectivity index (χ0v) is 15.9. The second kappa shape index (κ2) is 8.20. The molecule has 2 aromatic carbocycles. The predicted molar refractivity (Wildman–Crippen MR) is 109 cm³/mol. The third kappa shape index (κ3) is 5.02. The predicted octanol–water partition coefficient (Wildman–Crippen LogP) is 4.73. The first-order chi connectivity index (χ1) is 13.2. The molecule has 1 aromatic heterocycles. The lowest BCUT2D eigenvalue weighted by Gasteiger charge is -2.13. The molecule has 0 atom stereocenters. The molecule has 1 heterocycles. The van der Waals surface area contributed by atoms with E-state index in [1.807, 2.05) is 12.1 Å². The number of fused-ring (bicyclic) bond motifs is 1. The van der Waals surface area contributed by atoms with E-state index in [0.717, 1.165) is 5.56 Å². The molecule has 0 amide bonds. The van der Waals surface area contributed by atoms with Gasteiger partial charge in [0, 0.05) is 34.2 Å². The van der Waals surface area contributed by atoms with Gasteiger partial charge in [0.2, 0.25) is 5.56 Å². The topological polar surface area (TPSA) is 56.9 Å². The lowest BCUT2D eigenvalue weighted by molar-refractivity contribution is -0.136. The van der Waals surface area contributed by atoms with Crippen molar-refractivity contribution >= 4 is 45.5 Å². The van der Waals surface area contributed by atoms with E-state index in [9.17, 15) is 18.0 Å². The first-order valence-electron chi connectivity index (χ1n) is 8.26. The molecule has 0 bridgehead atoms. The number of benzene rings is 2. The Morgan fingerprint density at radius 3 is 2.50 bits per heavy atom. The summed E-state index contributed by atoms with van der Waals surface area (Å²) in [6.45, 7) is 0.544. The third-order valence-corrected chi connectivity index (χ3v) is 4.52. The fourth-order valence-electron chi connectivity index (χ4n) is 2.71. The quantitative estimate of drug-likeness (QED) is 0.529. The first kappa shape index (κ1) is 20.2. The van der Waals surface area contributed by atoms with Crippen LogP contribution in [0.2, 0.25) is 5.02 Å². The summed E-state index contributed by atoms with van der Waals surface area (Å²) in [7, 11) is 0. The van der Waals surface area contributed by atoms with Gasteiger partial charge in [0.25, 0.3) is 0 Å². The minimum absolute atomic E-state index is 0.104. The van der Waals surface area contributed by atoms with Gasteiger partial charge in [-0.05, 0) is 54.5 Å². The molecule has 0 saturated heterocycles. The molecule has 0 saturated carbocycles. The molecule has 0 aliphatic carbocycles. The Morgan fingerprint density at radius 1 is 1.11 bits per heavy atom. The standard InChI is InChI=1S/C19H15ClF3N3OS/c20-12-3-1-11(2-4-12)7-8-24-18(28)25-13-5-6-16-14(9-13)15(19(21,22)23)10-17(27)26-16/h1-6,9-10H,7-8H2,(H,26,27)(H2,24,25,28). The average Bonchev–Trinajstić information content (AvgIpc) is 2.62. The van der Waals surface area contributed by atoms with E-state index in [0.29, 0.717) is 29.7 Å². The number of nitrogens with one attached hydrogen (secondary N) is 3. The third-order valence-electron chi connectivity index (χ3n) is 4.02. The van der Waals surface area contributed by atoms with E-state index < -0.39 is 17.3 Å². The number of aromatic nitrogens is 1. The Balaban J connectivity index is 1.69. The summed E-state index contributed by atoms with van der Waals surface area (Å²) in [6.07, 6.45) is -3.93. The van der Waals surface area contributed by atoms with E-state index in [1.165, 1.54) is 12.1 Å². The van der Waals surface area contributed by atoms with Crippen LogP contribution in [-0.4, -0.2) is 16.6 Å². The van der Waals surface area contributed by atoms with Crippen molar-refractivity contribution in [1.82, 2.24) is 10.3 Å². The van der Waals surface area contributed by atoms with Crippen molar-refractivity contribution < 1.29 is 13.2 Å². The van der Waals surface area contributed by atoms with Crippen LogP contribution in [0.15, 0.2) is 53.3 Å². The van der Waals surface area contributed by atoms with E-state index in [1.54, 1.807) is 18.2 Å². The van der Waals surface area contributed by atoms with Crippen molar-refractivity contribution in [3.05, 3.63) is 75.0 Å². The number of rotatable bonds is 4. The van der Waals surface area contributed by atoms with Crippen LogP contribution in [-0.2, 0) is 12.6 Å². The van der Waals surface area contributed by atoms with Gasteiger partial charge in [-0.15, -0.1) is 0 Å². The Labute approximate surface area is 168 Å². The second-order valence-corrected chi connectivity index (χ2v) is 6.91. The minimum Gasteiger partial charge on any atom is -0.362 e. The smallest absolute Gasteiger partial charge is 0.362 e. The van der Waals surface area contributed by atoms with Gasteiger partial charge >= 0.3 is 6.18 Å². The molecule has 0 aliphatic rings. The minimum atomic E-state index is -4.64. The molecular weight excluding hydrogens is 411 g/mol. The summed E-state index contributed by atoms with van der Waals surface area (Å²) in [5, 5.41) is 6.70. The maximum Gasteiger partial charge on any atom is 0.417 e. The van der Waals surface area contributed by atoms with Crippen LogP contribution < -0.4 is 16.2 Å². The van der Waals surface area contributed by atoms with E-state index >= 15 is 0 Å². The number of thiocarbonyl (C=S) groups is 1. The van der Waals surface area contributed by atoms with Gasteiger partial charge in [0.05, 0.1) is 5.56 Å². The molecule has 0 fully saturated rings. The molecule has 4 nitrogen and oxygen atoms in total. The van der Waals surface area contributed by atoms with Crippen molar-refractivity contribution in [2.75, 3.05) is 11.9 Å². The van der Waals surface area contributed by atoms with Gasteiger partial charge in [-0.1, -0.05) is 23.7 Å². The number of halogens is 4. The number of H-pyrrole nitrogens is 1. The molecule has 3 N–H and O–H groups in total. The highest BCUT2D eigenvalue weighted by atomic mass is 35.5. The number of hydrogen-bond acceptors (Lipinski definition) is 2. The van der Waals surface area contributed by atoms with Gasteiger partial charge in [-0.3, -0.25) is 4.79 Å². The zero-order chi connectivity index (χ0) is 20.3. The molecule has 28 heavy (non-hydrogen) atoms. The molecule has 3 aromatic rings. The van der Waals surface area contributed by atoms with Crippen LogP contribution in [0.25, 0.3) is 10.9 Å². The summed E-state index contributed by atoms with van der Waals surface area (Å²) < 4.78 is 39.7. The Morgan fingerprint density at radius 2 is 1.82 bits per heavy atom. The Kier molecular flexibility index (Phi) is 5.90. The highest BCUT2D eigenvalue weighted by Gasteiger charge is 2.33. The number of aromatic amines is 1. The van der Waals surface area contributed by atoms with Crippen molar-refractivity contribution in [1.29, 1.82) is 0 Å². The van der Waals surface area contributed by atoms with Gasteiger partial charge in [0.15, 0.2) is 5.11 Å². The summed E-state index contributed by atoms with van der Waals surface area (Å²) in [5.74, 6) is 0. The van der Waals surface area contributed by atoms with Gasteiger partial charge in [0.1, 0.15) is 0 Å². The van der Waals surface area contributed by atoms with Gasteiger partial charge in [-0.2, -0.15) is 13.2 Å². The average molecular weight is 426 g/mol. The monoisotopic (exact) mass is 425 g/mol. The maximum atomic E-state index is 13.2. The summed E-state index contributed by atoms with van der Waals surface area (Å²) in [4.78, 5) is 13.9. The number of pyridine rings is 1. The highest BCUT2D eigenvalue weighted by Crippen LogP contribution is 2.34. The van der Waals surface area contributed by atoms with Crippen LogP contribution in [0.1, 0.15) is 11.1 Å². The number of anilines is 1. The summed E-state index contributed by atoms with van der Waals surface area (Å²) >= 11 is 11.0. The molecule has 0 spiro atoms. The lowest BCUT2D eigenvalue weighted by Crippen LogP contribution is -2.30. The van der Waals surface area contributed by atoms with Crippen LogP contribution in [0.3, 0.4) is 0 Å². The molecule has 146 valence electrons. The SMILES string of the molecule is O=c1cc(C(F)(F)F)c2cc(NC(=S)NCCc3ccc(Cl)cc3)ccc2[nH]1. The zero-order valence-electron chi connectivity index (χ0n) is 14.4. The van der Waals surface area contributed by atoms with Crippen molar-refractivity contribution in [2.24, 2.45) is 0 Å². The molecule has 0 aliphatic heterocycles. The first-order valence-corrected chi connectivity index (χ1v) is 9.04. The van der Waals surface area contributed by atoms with Crippen molar-refractivity contribution in [3.8, 4) is 0 Å². The van der Waals surface area contributed by atoms with E-state index in [2.05, 4.69) is 15.6 Å². The van der Waals surface area contributed by atoms with Gasteiger partial charge in [-0.25, -0.2) is 0 Å². The maximum absolute atomic E-state index is 13.2. The van der Waals surface area contributed by atoms with E-state index in [-0.39, 0.29) is 16.0 Å². The van der Waals surface area contributed by atoms with Crippen LogP contribution >= 0.6 is 23.8 Å². The summed E-state index contributed by atoms with van der Waals surface area (Å²) in [5.41, 5.74) is -0.235. The van der Waals surface area contributed by atoms with Crippen LogP contribution in [0.5, 0.6) is 0 Å². The molecule has 9 heteroatoms. The molecular formula is C19H15ClF3N3OS. The van der Waals surface area contributed by atoms with Crippen molar-refractivity contribution in [2.45, 2.75) is 12.6 Å². The van der Waals surface area contributed by atoms with Crippen LogP contribution in [0, 0.1) is 0 Å². The molecule has 3 rings (SSSR count). The lowest BCUT2D eigenvalue weighted by atomic mass is 10.1. The van der Waals surface area contributed by atoms with Gasteiger partial charge < -0.3 is 15.6 Å². The molecule has 0 unspecified atom stereocenters. The van der Waals surface area contributed by atoms with E-state index in [4.69, 9.17) is 23.8 Å². The largest absolute Gasteiger partial charge is 0.417 e. The normalized spacial score (nSPS) is 11.4. The highest BCUT2D eigenvalue weighted by molar-refractivity contribution is 7.80.